The molecule has 12 aromatic rings. The summed E-state index contributed by atoms with van der Waals surface area (Å²) in [5.74, 6) is 0. The van der Waals surface area contributed by atoms with Crippen molar-refractivity contribution in [2.45, 2.75) is 0 Å². The number of thiazole rings is 2. The van der Waals surface area contributed by atoms with E-state index in [2.05, 4.69) is 165 Å². The highest BCUT2D eigenvalue weighted by atomic mass is 32.1. The van der Waals surface area contributed by atoms with Crippen LogP contribution < -0.4 is 9.80 Å². The van der Waals surface area contributed by atoms with Gasteiger partial charge in [0.2, 0.25) is 0 Å². The second-order valence-corrected chi connectivity index (χ2v) is 16.9. The standard InChI is InChI=1S/C52H32N6OS2/c1-3-11-49-45(9-1)55-51(60-49)33-13-18-37(19-14-33)57(41-7-5-25-53-31-41)39-22-17-35-28-44-43-24-23-40(30-48(43)59-47(44)29-36(35)27-39)58(42-8-6-26-54-32-42)38-20-15-34(16-21-38)52-56-46-10-2-4-12-50(46)61-52/h1-32H. The molecule has 61 heavy (non-hydrogen) atoms. The third kappa shape index (κ3) is 6.35. The molecule has 288 valence electrons. The Labute approximate surface area is 358 Å². The molecule has 0 N–H and O–H groups in total. The highest BCUT2D eigenvalue weighted by Gasteiger charge is 2.19. The van der Waals surface area contributed by atoms with Crippen LogP contribution >= 0.6 is 22.7 Å². The maximum absolute atomic E-state index is 6.70. The maximum Gasteiger partial charge on any atom is 0.137 e. The minimum absolute atomic E-state index is 0.813. The first-order chi connectivity index (χ1) is 30.2. The topological polar surface area (TPSA) is 71.2 Å². The summed E-state index contributed by atoms with van der Waals surface area (Å²) in [7, 11) is 0. The summed E-state index contributed by atoms with van der Waals surface area (Å²) < 4.78 is 9.06. The Bertz CT molecular complexity index is 3310. The van der Waals surface area contributed by atoms with E-state index in [1.807, 2.05) is 36.7 Å². The second-order valence-electron chi connectivity index (χ2n) is 14.8. The second kappa shape index (κ2) is 14.5. The molecule has 0 fully saturated rings. The molecule has 12 rings (SSSR count). The van der Waals surface area contributed by atoms with E-state index in [1.165, 1.54) is 9.40 Å². The third-order valence-corrected chi connectivity index (χ3v) is 13.2. The fourth-order valence-corrected chi connectivity index (χ4v) is 10.1. The summed E-state index contributed by atoms with van der Waals surface area (Å²) in [5, 5.41) is 6.36. The van der Waals surface area contributed by atoms with Gasteiger partial charge in [-0.1, -0.05) is 30.3 Å². The van der Waals surface area contributed by atoms with E-state index >= 15 is 0 Å². The van der Waals surface area contributed by atoms with Gasteiger partial charge < -0.3 is 14.2 Å². The third-order valence-electron chi connectivity index (χ3n) is 11.1. The van der Waals surface area contributed by atoms with E-state index in [9.17, 15) is 0 Å². The fourth-order valence-electron chi connectivity index (χ4n) is 8.14. The van der Waals surface area contributed by atoms with Gasteiger partial charge in [-0.3, -0.25) is 9.97 Å². The Hall–Kier alpha value is -7.72. The molecule has 0 aliphatic rings. The van der Waals surface area contributed by atoms with Crippen molar-refractivity contribution >= 4 is 110 Å². The smallest absolute Gasteiger partial charge is 0.137 e. The number of fused-ring (bicyclic) bond motifs is 6. The molecule has 0 aliphatic heterocycles. The van der Waals surface area contributed by atoms with Crippen LogP contribution in [0.5, 0.6) is 0 Å². The molecular formula is C52H32N6OS2. The number of nitrogens with zero attached hydrogens (tertiary/aromatic N) is 6. The van der Waals surface area contributed by atoms with E-state index in [4.69, 9.17) is 14.4 Å². The van der Waals surface area contributed by atoms with Gasteiger partial charge in [-0.25, -0.2) is 9.97 Å². The van der Waals surface area contributed by atoms with Gasteiger partial charge in [-0.15, -0.1) is 22.7 Å². The van der Waals surface area contributed by atoms with Crippen LogP contribution in [0.15, 0.2) is 199 Å². The predicted molar refractivity (Wildman–Crippen MR) is 253 cm³/mol. The van der Waals surface area contributed by atoms with Gasteiger partial charge >= 0.3 is 0 Å². The number of anilines is 6. The van der Waals surface area contributed by atoms with Crippen LogP contribution in [0.1, 0.15) is 0 Å². The fraction of sp³-hybridized carbons (Fsp3) is 0. The van der Waals surface area contributed by atoms with Crippen LogP contribution in [0.2, 0.25) is 0 Å². The van der Waals surface area contributed by atoms with Gasteiger partial charge in [-0.2, -0.15) is 0 Å². The molecule has 0 bridgehead atoms. The van der Waals surface area contributed by atoms with Crippen LogP contribution in [0.25, 0.3) is 74.3 Å². The molecule has 0 atom stereocenters. The first kappa shape index (κ1) is 35.2. The molecular weight excluding hydrogens is 789 g/mol. The van der Waals surface area contributed by atoms with E-state index in [0.29, 0.717) is 0 Å². The van der Waals surface area contributed by atoms with E-state index in [-0.39, 0.29) is 0 Å². The SMILES string of the molecule is c1cncc(N(c2ccc(-c3nc4ccccc4s3)cc2)c2ccc3cc4c(cc3c2)oc2cc(N(c3ccc(-c5nc6ccccc6s5)cc3)c3cccnc3)ccc24)c1. The lowest BCUT2D eigenvalue weighted by molar-refractivity contribution is 0.669. The molecule has 5 heterocycles. The molecule has 0 saturated heterocycles. The molecule has 0 radical (unpaired) electrons. The Morgan fingerprint density at radius 2 is 0.918 bits per heavy atom. The zero-order chi connectivity index (χ0) is 40.3. The van der Waals surface area contributed by atoms with Crippen molar-refractivity contribution in [3.05, 3.63) is 195 Å². The monoisotopic (exact) mass is 820 g/mol. The summed E-state index contributed by atoms with van der Waals surface area (Å²) >= 11 is 3.42. The number of para-hydroxylation sites is 2. The van der Waals surface area contributed by atoms with Gasteiger partial charge in [0, 0.05) is 63.1 Å². The highest BCUT2D eigenvalue weighted by molar-refractivity contribution is 7.22. The van der Waals surface area contributed by atoms with Crippen LogP contribution in [-0.4, -0.2) is 19.9 Å². The number of rotatable bonds is 8. The molecule has 7 nitrogen and oxygen atoms in total. The van der Waals surface area contributed by atoms with Crippen molar-refractivity contribution < 1.29 is 4.42 Å². The van der Waals surface area contributed by atoms with E-state index < -0.39 is 0 Å². The van der Waals surface area contributed by atoms with Crippen molar-refractivity contribution in [2.24, 2.45) is 0 Å². The number of aromatic nitrogens is 4. The Morgan fingerprint density at radius 1 is 0.393 bits per heavy atom. The number of hydrogen-bond acceptors (Lipinski definition) is 9. The maximum atomic E-state index is 6.70. The molecule has 0 aliphatic carbocycles. The Balaban J connectivity index is 0.903. The molecule has 7 aromatic carbocycles. The normalized spacial score (nSPS) is 11.6. The summed E-state index contributed by atoms with van der Waals surface area (Å²) in [4.78, 5) is 23.2. The molecule has 9 heteroatoms. The summed E-state index contributed by atoms with van der Waals surface area (Å²) in [6.07, 6.45) is 7.39. The number of benzene rings is 7. The summed E-state index contributed by atoms with van der Waals surface area (Å²) in [6.45, 7) is 0. The van der Waals surface area contributed by atoms with Gasteiger partial charge in [0.1, 0.15) is 21.2 Å². The lowest BCUT2D eigenvalue weighted by atomic mass is 10.0. The number of hydrogen-bond donors (Lipinski definition) is 0. The quantitative estimate of drug-likeness (QED) is 0.151. The Kier molecular flexibility index (Phi) is 8.39. The van der Waals surface area contributed by atoms with Crippen LogP contribution in [0, 0.1) is 0 Å². The number of pyridine rings is 2. The first-order valence-electron chi connectivity index (χ1n) is 19.9. The zero-order valence-electron chi connectivity index (χ0n) is 32.4. The number of furan rings is 1. The van der Waals surface area contributed by atoms with Gasteiger partial charge in [0.05, 0.1) is 44.2 Å². The lowest BCUT2D eigenvalue weighted by Gasteiger charge is -2.25. The minimum atomic E-state index is 0.813. The minimum Gasteiger partial charge on any atom is -0.456 e. The van der Waals surface area contributed by atoms with E-state index in [0.717, 1.165) is 99.0 Å². The van der Waals surface area contributed by atoms with Gasteiger partial charge in [0.15, 0.2) is 0 Å². The average molecular weight is 821 g/mol. The van der Waals surface area contributed by atoms with Crippen molar-refractivity contribution in [3.8, 4) is 21.1 Å². The highest BCUT2D eigenvalue weighted by Crippen LogP contribution is 2.42. The molecule has 0 unspecified atom stereocenters. The van der Waals surface area contributed by atoms with Crippen molar-refractivity contribution in [2.75, 3.05) is 9.80 Å². The molecule has 0 saturated carbocycles. The van der Waals surface area contributed by atoms with Crippen molar-refractivity contribution in [1.29, 1.82) is 0 Å². The summed E-state index contributed by atoms with van der Waals surface area (Å²) in [6, 6.07) is 59.3. The van der Waals surface area contributed by atoms with Gasteiger partial charge in [0.25, 0.3) is 0 Å². The summed E-state index contributed by atoms with van der Waals surface area (Å²) in [5.41, 5.74) is 11.8. The van der Waals surface area contributed by atoms with Crippen LogP contribution in [0.4, 0.5) is 34.1 Å². The molecule has 0 amide bonds. The van der Waals surface area contributed by atoms with Gasteiger partial charge in [-0.05, 0) is 144 Å². The van der Waals surface area contributed by atoms with Crippen LogP contribution in [-0.2, 0) is 0 Å². The predicted octanol–water partition coefficient (Wildman–Crippen LogP) is 15.0. The van der Waals surface area contributed by atoms with Crippen LogP contribution in [0.3, 0.4) is 0 Å². The average Bonchev–Trinajstić information content (AvgIpc) is 4.05. The van der Waals surface area contributed by atoms with Crippen molar-refractivity contribution in [3.63, 3.8) is 0 Å². The lowest BCUT2D eigenvalue weighted by Crippen LogP contribution is -2.10. The van der Waals surface area contributed by atoms with Crippen molar-refractivity contribution in [1.82, 2.24) is 19.9 Å². The first-order valence-corrected chi connectivity index (χ1v) is 21.5. The Morgan fingerprint density at radius 3 is 1.48 bits per heavy atom. The largest absolute Gasteiger partial charge is 0.456 e. The zero-order valence-corrected chi connectivity index (χ0v) is 34.0. The van der Waals surface area contributed by atoms with E-state index in [1.54, 1.807) is 35.1 Å². The molecule has 0 spiro atoms. The molecule has 5 aromatic heterocycles.